The van der Waals surface area contributed by atoms with Crippen molar-refractivity contribution in [3.63, 3.8) is 0 Å². The molecule has 2 aliphatic rings. The van der Waals surface area contributed by atoms with Crippen LogP contribution in [-0.4, -0.2) is 103 Å². The van der Waals surface area contributed by atoms with Gasteiger partial charge in [-0.15, -0.1) is 0 Å². The number of amides is 2. The molecule has 12 heteroatoms. The topological polar surface area (TPSA) is 114 Å². The third-order valence-corrected chi connectivity index (χ3v) is 9.38. The van der Waals surface area contributed by atoms with Crippen LogP contribution in [0.2, 0.25) is 0 Å². The molecule has 40 heavy (non-hydrogen) atoms. The fourth-order valence-electron chi connectivity index (χ4n) is 4.75. The summed E-state index contributed by atoms with van der Waals surface area (Å²) in [4.78, 5) is 37.6. The number of rotatable bonds is 8. The van der Waals surface area contributed by atoms with Crippen molar-refractivity contribution < 1.29 is 19.1 Å². The van der Waals surface area contributed by atoms with E-state index in [1.165, 1.54) is 6.08 Å². The summed E-state index contributed by atoms with van der Waals surface area (Å²) in [5, 5.41) is 8.94. The summed E-state index contributed by atoms with van der Waals surface area (Å²) < 4.78 is 14.0. The van der Waals surface area contributed by atoms with Gasteiger partial charge in [-0.1, -0.05) is 6.58 Å². The number of hydrogen-bond acceptors (Lipinski definition) is 8. The summed E-state index contributed by atoms with van der Waals surface area (Å²) in [6, 6.07) is 7.93. The Morgan fingerprint density at radius 2 is 1.93 bits per heavy atom. The molecule has 0 unspecified atom stereocenters. The molecule has 5 rings (SSSR count). The molecule has 0 spiro atoms. The van der Waals surface area contributed by atoms with Crippen molar-refractivity contribution >= 4 is 44.0 Å². The van der Waals surface area contributed by atoms with Crippen LogP contribution in [0.1, 0.15) is 43.7 Å². The van der Waals surface area contributed by atoms with Gasteiger partial charge in [-0.2, -0.15) is 0 Å². The zero-order chi connectivity index (χ0) is 28.1. The second-order valence-corrected chi connectivity index (χ2v) is 12.4. The molecule has 2 fully saturated rings. The first kappa shape index (κ1) is 28.1. The summed E-state index contributed by atoms with van der Waals surface area (Å²) >= 11 is -0.395. The number of piperazine rings is 1. The van der Waals surface area contributed by atoms with E-state index in [1.807, 2.05) is 28.9 Å². The Bertz CT molecular complexity index is 1360. The number of fused-ring (bicyclic) bond motifs is 1. The third-order valence-electron chi connectivity index (χ3n) is 7.09. The Labute approximate surface area is 240 Å². The first-order valence-corrected chi connectivity index (χ1v) is 15.9. The van der Waals surface area contributed by atoms with E-state index in [1.54, 1.807) is 15.9 Å². The van der Waals surface area contributed by atoms with Crippen LogP contribution in [0.4, 0.5) is 10.7 Å². The van der Waals surface area contributed by atoms with E-state index in [0.717, 1.165) is 52.7 Å². The zero-order valence-electron chi connectivity index (χ0n) is 23.0. The van der Waals surface area contributed by atoms with E-state index in [2.05, 4.69) is 30.8 Å². The van der Waals surface area contributed by atoms with Crippen LogP contribution in [0.25, 0.3) is 5.65 Å². The molecule has 0 aliphatic carbocycles. The van der Waals surface area contributed by atoms with Crippen LogP contribution in [0, 0.1) is 0 Å². The van der Waals surface area contributed by atoms with Gasteiger partial charge in [0.15, 0.2) is 0 Å². The van der Waals surface area contributed by atoms with Gasteiger partial charge in [0.1, 0.15) is 0 Å². The molecule has 1 aromatic carbocycles. The van der Waals surface area contributed by atoms with E-state index < -0.39 is 21.8 Å². The molecule has 11 nitrogen and oxygen atoms in total. The summed E-state index contributed by atoms with van der Waals surface area (Å²) in [6.07, 6.45) is 4.65. The van der Waals surface area contributed by atoms with Crippen molar-refractivity contribution in [3.05, 3.63) is 54.2 Å². The molecule has 2 aromatic heterocycles. The van der Waals surface area contributed by atoms with Crippen LogP contribution in [-0.2, 0) is 14.7 Å². The first-order valence-electron chi connectivity index (χ1n) is 13.7. The molecule has 2 aliphatic heterocycles. The van der Waals surface area contributed by atoms with E-state index in [0.29, 0.717) is 49.8 Å². The average molecular weight is 609 g/mol. The zero-order valence-corrected chi connectivity index (χ0v) is 24.8. The van der Waals surface area contributed by atoms with Crippen molar-refractivity contribution in [1.29, 1.82) is 0 Å². The number of ether oxygens (including phenoxy) is 2. The molecule has 211 valence electrons. The average Bonchev–Trinajstić information content (AvgIpc) is 3.41. The molecule has 1 N–H and O–H groups in total. The van der Waals surface area contributed by atoms with Gasteiger partial charge in [0.2, 0.25) is 0 Å². The number of nitrogens with one attached hydrogen (secondary N) is 1. The molecule has 0 bridgehead atoms. The number of nitrogens with zero attached hydrogens (tertiary/aromatic N) is 6. The SMILES string of the molecule is C=CC(=O)N1CCN(C(=O)Oc2cccc(C[As]c3nc(NC4CCOCC4)nc4c(C(C)C)cnn34)c2)CC1. The van der Waals surface area contributed by atoms with Gasteiger partial charge in [-0.25, -0.2) is 0 Å². The van der Waals surface area contributed by atoms with Gasteiger partial charge in [0.25, 0.3) is 0 Å². The normalized spacial score (nSPS) is 16.7. The van der Waals surface area contributed by atoms with Gasteiger partial charge in [-0.05, 0) is 0 Å². The summed E-state index contributed by atoms with van der Waals surface area (Å²) in [7, 11) is 0. The van der Waals surface area contributed by atoms with Gasteiger partial charge >= 0.3 is 234 Å². The Morgan fingerprint density at radius 3 is 2.65 bits per heavy atom. The minimum absolute atomic E-state index is 0.119. The van der Waals surface area contributed by atoms with Crippen LogP contribution in [0.15, 0.2) is 43.1 Å². The Morgan fingerprint density at radius 1 is 1.18 bits per heavy atom. The molecular weight excluding hydrogens is 573 g/mol. The van der Waals surface area contributed by atoms with E-state index in [9.17, 15) is 9.59 Å². The number of benzene rings is 1. The molecule has 0 saturated carbocycles. The van der Waals surface area contributed by atoms with Crippen LogP contribution in [0.5, 0.6) is 5.75 Å². The second kappa shape index (κ2) is 12.8. The fourth-order valence-corrected chi connectivity index (χ4v) is 6.78. The maximum atomic E-state index is 12.8. The van der Waals surface area contributed by atoms with Crippen molar-refractivity contribution in [3.8, 4) is 5.75 Å². The van der Waals surface area contributed by atoms with Gasteiger partial charge < -0.3 is 0 Å². The van der Waals surface area contributed by atoms with Crippen LogP contribution < -0.4 is 14.7 Å². The summed E-state index contributed by atoms with van der Waals surface area (Å²) in [5.41, 5.74) is 3.01. The summed E-state index contributed by atoms with van der Waals surface area (Å²) in [5.74, 6) is 1.32. The molecule has 2 saturated heterocycles. The van der Waals surface area contributed by atoms with Crippen molar-refractivity contribution in [1.82, 2.24) is 29.4 Å². The molecule has 0 atom stereocenters. The number of carbonyl (C=O) groups excluding carboxylic acids is 2. The van der Waals surface area contributed by atoms with Crippen LogP contribution in [0.3, 0.4) is 0 Å². The molecule has 3 aromatic rings. The maximum absolute atomic E-state index is 12.8. The number of anilines is 1. The van der Waals surface area contributed by atoms with E-state index >= 15 is 0 Å². The fraction of sp³-hybridized carbons (Fsp3) is 0.464. The summed E-state index contributed by atoms with van der Waals surface area (Å²) in [6.45, 7) is 11.1. The first-order chi connectivity index (χ1) is 19.4. The predicted octanol–water partition coefficient (Wildman–Crippen LogP) is 2.20. The predicted molar refractivity (Wildman–Crippen MR) is 152 cm³/mol. The van der Waals surface area contributed by atoms with Gasteiger partial charge in [0.05, 0.1) is 0 Å². The van der Waals surface area contributed by atoms with Gasteiger partial charge in [-0.3, -0.25) is 0 Å². The van der Waals surface area contributed by atoms with Crippen molar-refractivity contribution in [2.75, 3.05) is 44.7 Å². The monoisotopic (exact) mass is 608 g/mol. The number of carbonyl (C=O) groups is 2. The Kier molecular flexibility index (Phi) is 9.01. The number of aromatic nitrogens is 4. The van der Waals surface area contributed by atoms with Crippen molar-refractivity contribution in [2.24, 2.45) is 0 Å². The molecule has 2 amide bonds. The Balaban J connectivity index is 1.26. The quantitative estimate of drug-likeness (QED) is 0.306. The minimum atomic E-state index is -0.407. The van der Waals surface area contributed by atoms with Gasteiger partial charge in [0, 0.05) is 0 Å². The Hall–Kier alpha value is -3.43. The van der Waals surface area contributed by atoms with Crippen LogP contribution >= 0.6 is 0 Å². The van der Waals surface area contributed by atoms with Crippen molar-refractivity contribution in [2.45, 2.75) is 43.9 Å². The molecular formula is C28H35AsN7O4. The molecule has 4 heterocycles. The second-order valence-electron chi connectivity index (χ2n) is 10.2. The van der Waals surface area contributed by atoms with E-state index in [-0.39, 0.29) is 5.91 Å². The number of hydrogen-bond donors (Lipinski definition) is 1. The third kappa shape index (κ3) is 6.64. The van der Waals surface area contributed by atoms with E-state index in [4.69, 9.17) is 19.4 Å². The standard InChI is InChI=1S/C28H35AsN7O4/c1-4-24(37)34-10-12-35(13-11-34)28(38)40-22-7-5-6-20(16-22)17-29-26-33-27(31-21-8-14-39-15-9-21)32-25-23(19(2)3)18-30-36(25)26/h4-7,16,18-19,21H,1,8-15,17H2,2-3H3,(H,31,32). The molecule has 1 radical (unpaired) electrons.